The molecule has 2 heterocycles. The molecule has 0 spiro atoms. The van der Waals surface area contributed by atoms with Crippen molar-refractivity contribution in [3.63, 3.8) is 0 Å². The van der Waals surface area contributed by atoms with E-state index in [1.165, 1.54) is 5.56 Å². The maximum Gasteiger partial charge on any atom is 0.310 e. The third-order valence-electron chi connectivity index (χ3n) is 8.02. The first-order chi connectivity index (χ1) is 18.3. The molecule has 2 aliphatic rings. The average molecular weight is 516 g/mol. The van der Waals surface area contributed by atoms with Crippen molar-refractivity contribution in [3.8, 4) is 16.9 Å². The predicted octanol–water partition coefficient (Wildman–Crippen LogP) is 6.05. The van der Waals surface area contributed by atoms with E-state index in [-0.39, 0.29) is 24.1 Å². The highest BCUT2D eigenvalue weighted by Crippen LogP contribution is 2.43. The Morgan fingerprint density at radius 1 is 1.00 bits per heavy atom. The molecule has 0 radical (unpaired) electrons. The first kappa shape index (κ1) is 26.0. The third kappa shape index (κ3) is 4.57. The van der Waals surface area contributed by atoms with Gasteiger partial charge in [-0.15, -0.1) is 0 Å². The van der Waals surface area contributed by atoms with E-state index in [4.69, 9.17) is 9.47 Å². The fourth-order valence-corrected chi connectivity index (χ4v) is 6.06. The van der Waals surface area contributed by atoms with Crippen molar-refractivity contribution in [2.75, 3.05) is 19.8 Å². The van der Waals surface area contributed by atoms with Crippen LogP contribution in [0.4, 0.5) is 4.39 Å². The Kier molecular flexibility index (Phi) is 7.24. The standard InChI is InChI=1S/C32H34FNO4/c1-5-37-29(35)17-26-19(2)23-13-14-34(32(36)22-10-7-6-8-11-22)18-27(23)21(4)30(26)25-16-28(33)31-24(20(25)3)12-9-15-38-31/h6-8,10-11,16H,5,9,12-15,17-18H2,1-4H3. The third-order valence-corrected chi connectivity index (χ3v) is 8.02. The van der Waals surface area contributed by atoms with Crippen LogP contribution in [0.3, 0.4) is 0 Å². The van der Waals surface area contributed by atoms with Crippen LogP contribution in [-0.4, -0.2) is 36.5 Å². The lowest BCUT2D eigenvalue weighted by Crippen LogP contribution is -2.37. The van der Waals surface area contributed by atoms with E-state index >= 15 is 4.39 Å². The number of hydrogen-bond acceptors (Lipinski definition) is 4. The molecular formula is C32H34FNO4. The summed E-state index contributed by atoms with van der Waals surface area (Å²) < 4.78 is 26.4. The van der Waals surface area contributed by atoms with Gasteiger partial charge in [-0.2, -0.15) is 0 Å². The molecule has 0 saturated heterocycles. The molecule has 0 unspecified atom stereocenters. The van der Waals surface area contributed by atoms with Crippen molar-refractivity contribution in [2.24, 2.45) is 0 Å². The highest BCUT2D eigenvalue weighted by Gasteiger charge is 2.30. The number of esters is 1. The Bertz CT molecular complexity index is 1410. The van der Waals surface area contributed by atoms with Gasteiger partial charge in [0.25, 0.3) is 5.91 Å². The minimum atomic E-state index is -0.377. The molecule has 198 valence electrons. The van der Waals surface area contributed by atoms with Gasteiger partial charge in [0.05, 0.1) is 19.6 Å². The normalized spacial score (nSPS) is 14.4. The number of benzene rings is 3. The van der Waals surface area contributed by atoms with Crippen molar-refractivity contribution >= 4 is 11.9 Å². The number of nitrogens with zero attached hydrogens (tertiary/aromatic N) is 1. The molecule has 0 aliphatic carbocycles. The van der Waals surface area contributed by atoms with Crippen LogP contribution in [0.5, 0.6) is 5.75 Å². The number of carbonyl (C=O) groups is 2. The molecule has 6 heteroatoms. The minimum Gasteiger partial charge on any atom is -0.490 e. The molecule has 2 aliphatic heterocycles. The van der Waals surface area contributed by atoms with Crippen LogP contribution in [0.2, 0.25) is 0 Å². The van der Waals surface area contributed by atoms with Gasteiger partial charge in [0, 0.05) is 24.2 Å². The SMILES string of the molecule is CCOC(=O)Cc1c(C)c2c(c(C)c1-c1cc(F)c3c(c1C)CCCO3)CN(C(=O)c1ccccc1)CC2. The molecule has 3 aromatic rings. The molecule has 38 heavy (non-hydrogen) atoms. The fourth-order valence-electron chi connectivity index (χ4n) is 6.06. The second kappa shape index (κ2) is 10.6. The van der Waals surface area contributed by atoms with Crippen LogP contribution >= 0.6 is 0 Å². The van der Waals surface area contributed by atoms with Crippen molar-refractivity contribution in [3.05, 3.63) is 86.7 Å². The topological polar surface area (TPSA) is 55.8 Å². The lowest BCUT2D eigenvalue weighted by atomic mass is 9.79. The van der Waals surface area contributed by atoms with Crippen LogP contribution in [0, 0.1) is 26.6 Å². The molecule has 0 atom stereocenters. The van der Waals surface area contributed by atoms with Gasteiger partial charge in [0.2, 0.25) is 0 Å². The zero-order chi connectivity index (χ0) is 27.0. The smallest absolute Gasteiger partial charge is 0.310 e. The van der Waals surface area contributed by atoms with E-state index in [1.807, 2.05) is 56.0 Å². The molecule has 1 amide bonds. The summed E-state index contributed by atoms with van der Waals surface area (Å²) in [5.41, 5.74) is 9.30. The van der Waals surface area contributed by atoms with E-state index in [0.29, 0.717) is 44.0 Å². The predicted molar refractivity (Wildman–Crippen MR) is 145 cm³/mol. The quantitative estimate of drug-likeness (QED) is 0.389. The molecule has 0 N–H and O–H groups in total. The Hall–Kier alpha value is -3.67. The largest absolute Gasteiger partial charge is 0.490 e. The second-order valence-electron chi connectivity index (χ2n) is 10.2. The second-order valence-corrected chi connectivity index (χ2v) is 10.2. The maximum atomic E-state index is 15.4. The van der Waals surface area contributed by atoms with E-state index in [9.17, 15) is 9.59 Å². The number of ether oxygens (including phenoxy) is 2. The van der Waals surface area contributed by atoms with Crippen LogP contribution in [0.1, 0.15) is 62.6 Å². The first-order valence-electron chi connectivity index (χ1n) is 13.4. The minimum absolute atomic E-state index is 0.00129. The van der Waals surface area contributed by atoms with E-state index in [1.54, 1.807) is 13.0 Å². The van der Waals surface area contributed by atoms with Crippen molar-refractivity contribution in [2.45, 2.75) is 59.9 Å². The Labute approximate surface area is 223 Å². The lowest BCUT2D eigenvalue weighted by Gasteiger charge is -2.34. The van der Waals surface area contributed by atoms with Crippen molar-refractivity contribution < 1.29 is 23.5 Å². The molecule has 0 saturated carbocycles. The summed E-state index contributed by atoms with van der Waals surface area (Å²) in [5, 5.41) is 0. The zero-order valence-electron chi connectivity index (χ0n) is 22.6. The summed E-state index contributed by atoms with van der Waals surface area (Å²) >= 11 is 0. The number of carbonyl (C=O) groups excluding carboxylic acids is 2. The summed E-state index contributed by atoms with van der Waals surface area (Å²) in [6.45, 7) is 9.77. The number of fused-ring (bicyclic) bond motifs is 2. The van der Waals surface area contributed by atoms with E-state index in [0.717, 1.165) is 57.3 Å². The zero-order valence-corrected chi connectivity index (χ0v) is 22.6. The number of hydrogen-bond donors (Lipinski definition) is 0. The van der Waals surface area contributed by atoms with Crippen LogP contribution < -0.4 is 4.74 Å². The summed E-state index contributed by atoms with van der Waals surface area (Å²) in [5.74, 6) is -0.333. The van der Waals surface area contributed by atoms with Crippen LogP contribution in [0.15, 0.2) is 36.4 Å². The molecule has 0 fully saturated rings. The van der Waals surface area contributed by atoms with E-state index in [2.05, 4.69) is 0 Å². The molecular weight excluding hydrogens is 481 g/mol. The molecule has 5 nitrogen and oxygen atoms in total. The number of rotatable bonds is 5. The van der Waals surface area contributed by atoms with Gasteiger partial charge in [0.1, 0.15) is 0 Å². The van der Waals surface area contributed by atoms with Gasteiger partial charge in [-0.25, -0.2) is 4.39 Å². The summed E-state index contributed by atoms with van der Waals surface area (Å²) in [6.07, 6.45) is 2.40. The van der Waals surface area contributed by atoms with Gasteiger partial charge < -0.3 is 14.4 Å². The molecule has 5 rings (SSSR count). The first-order valence-corrected chi connectivity index (χ1v) is 13.4. The van der Waals surface area contributed by atoms with Crippen molar-refractivity contribution in [1.29, 1.82) is 0 Å². The maximum absolute atomic E-state index is 15.4. The van der Waals surface area contributed by atoms with Gasteiger partial charge in [-0.1, -0.05) is 18.2 Å². The monoisotopic (exact) mass is 515 g/mol. The molecule has 0 bridgehead atoms. The highest BCUT2D eigenvalue weighted by molar-refractivity contribution is 5.94. The Morgan fingerprint density at radius 3 is 2.50 bits per heavy atom. The summed E-state index contributed by atoms with van der Waals surface area (Å²) in [7, 11) is 0. The number of halogens is 1. The molecule has 0 aromatic heterocycles. The molecule has 3 aromatic carbocycles. The Morgan fingerprint density at radius 2 is 1.76 bits per heavy atom. The highest BCUT2D eigenvalue weighted by atomic mass is 19.1. The van der Waals surface area contributed by atoms with Crippen LogP contribution in [0.25, 0.3) is 11.1 Å². The number of amides is 1. The van der Waals surface area contributed by atoms with Gasteiger partial charge >= 0.3 is 5.97 Å². The van der Waals surface area contributed by atoms with Gasteiger partial charge in [-0.05, 0) is 110 Å². The summed E-state index contributed by atoms with van der Waals surface area (Å²) in [6, 6.07) is 10.9. The van der Waals surface area contributed by atoms with Crippen LogP contribution in [-0.2, 0) is 35.3 Å². The average Bonchev–Trinajstić information content (AvgIpc) is 2.94. The lowest BCUT2D eigenvalue weighted by molar-refractivity contribution is -0.142. The van der Waals surface area contributed by atoms with E-state index < -0.39 is 0 Å². The van der Waals surface area contributed by atoms with Crippen molar-refractivity contribution in [1.82, 2.24) is 4.90 Å². The Balaban J connectivity index is 1.67. The van der Waals surface area contributed by atoms with Gasteiger partial charge in [-0.3, -0.25) is 9.59 Å². The van der Waals surface area contributed by atoms with Gasteiger partial charge in [0.15, 0.2) is 11.6 Å². The fraction of sp³-hybridized carbons (Fsp3) is 0.375. The summed E-state index contributed by atoms with van der Waals surface area (Å²) in [4.78, 5) is 27.9.